The molecule has 0 saturated heterocycles. The monoisotopic (exact) mass is 412 g/mol. The van der Waals surface area contributed by atoms with Gasteiger partial charge in [0.15, 0.2) is 0 Å². The van der Waals surface area contributed by atoms with Crippen molar-refractivity contribution in [2.75, 3.05) is 17.4 Å². The highest BCUT2D eigenvalue weighted by Crippen LogP contribution is 2.41. The van der Waals surface area contributed by atoms with E-state index in [0.29, 0.717) is 30.0 Å². The van der Waals surface area contributed by atoms with E-state index in [1.54, 1.807) is 30.3 Å². The molecule has 0 unspecified atom stereocenters. The first-order valence-corrected chi connectivity index (χ1v) is 11.0. The van der Waals surface area contributed by atoms with Crippen molar-refractivity contribution in [1.82, 2.24) is 5.32 Å². The lowest BCUT2D eigenvalue weighted by Crippen LogP contribution is -2.30. The maximum absolute atomic E-state index is 12.9. The fourth-order valence-corrected chi connectivity index (χ4v) is 5.42. The average molecular weight is 412 g/mol. The Morgan fingerprint density at radius 2 is 1.72 bits per heavy atom. The van der Waals surface area contributed by atoms with Crippen molar-refractivity contribution < 1.29 is 17.6 Å². The van der Waals surface area contributed by atoms with Crippen molar-refractivity contribution >= 4 is 32.4 Å². The van der Waals surface area contributed by atoms with Gasteiger partial charge >= 0.3 is 0 Å². The van der Waals surface area contributed by atoms with Gasteiger partial charge in [-0.2, -0.15) is 0 Å². The molecule has 150 valence electrons. The summed E-state index contributed by atoms with van der Waals surface area (Å²) in [5.41, 5.74) is 1.62. The largest absolute Gasteiger partial charge is 0.356 e. The highest BCUT2D eigenvalue weighted by molar-refractivity contribution is 7.93. The third-order valence-corrected chi connectivity index (χ3v) is 6.95. The summed E-state index contributed by atoms with van der Waals surface area (Å²) < 4.78 is 40.1. The molecule has 3 aromatic carbocycles. The molecule has 5 nitrogen and oxygen atoms in total. The van der Waals surface area contributed by atoms with Crippen LogP contribution in [0.4, 0.5) is 10.1 Å². The Labute approximate surface area is 169 Å². The molecule has 1 aliphatic heterocycles. The third-order valence-electron chi connectivity index (χ3n) is 5.10. The highest BCUT2D eigenvalue weighted by atomic mass is 32.2. The van der Waals surface area contributed by atoms with E-state index in [-0.39, 0.29) is 24.7 Å². The number of carbonyl (C=O) groups excluding carboxylic acids is 1. The lowest BCUT2D eigenvalue weighted by molar-refractivity contribution is -0.121. The van der Waals surface area contributed by atoms with Gasteiger partial charge in [-0.05, 0) is 48.1 Å². The number of hydrogen-bond donors (Lipinski definition) is 1. The Hall–Kier alpha value is -2.93. The van der Waals surface area contributed by atoms with Crippen molar-refractivity contribution in [1.29, 1.82) is 0 Å². The topological polar surface area (TPSA) is 66.5 Å². The Kier molecular flexibility index (Phi) is 5.24. The third kappa shape index (κ3) is 3.82. The molecule has 0 bridgehead atoms. The number of sulfonamides is 1. The van der Waals surface area contributed by atoms with Crippen molar-refractivity contribution in [3.63, 3.8) is 0 Å². The van der Waals surface area contributed by atoms with Gasteiger partial charge in [0.05, 0.1) is 10.6 Å². The molecule has 1 amide bonds. The van der Waals surface area contributed by atoms with E-state index in [9.17, 15) is 17.6 Å². The van der Waals surface area contributed by atoms with Crippen molar-refractivity contribution in [2.24, 2.45) is 0 Å². The molecule has 29 heavy (non-hydrogen) atoms. The molecule has 0 atom stereocenters. The maximum atomic E-state index is 12.9. The number of nitrogens with zero attached hydrogens (tertiary/aromatic N) is 1. The van der Waals surface area contributed by atoms with E-state index in [4.69, 9.17) is 0 Å². The molecule has 0 aromatic heterocycles. The number of carbonyl (C=O) groups is 1. The zero-order valence-electron chi connectivity index (χ0n) is 15.8. The van der Waals surface area contributed by atoms with Gasteiger partial charge in [0, 0.05) is 24.9 Å². The van der Waals surface area contributed by atoms with E-state index >= 15 is 0 Å². The number of anilines is 1. The van der Waals surface area contributed by atoms with Crippen molar-refractivity contribution in [3.05, 3.63) is 72.0 Å². The van der Waals surface area contributed by atoms with Crippen LogP contribution in [0.2, 0.25) is 0 Å². The van der Waals surface area contributed by atoms with Crippen LogP contribution in [0.25, 0.3) is 10.8 Å². The van der Waals surface area contributed by atoms with Gasteiger partial charge in [-0.15, -0.1) is 0 Å². The summed E-state index contributed by atoms with van der Waals surface area (Å²) in [7, 11) is -3.58. The second-order valence-electron chi connectivity index (χ2n) is 7.04. The Morgan fingerprint density at radius 3 is 2.48 bits per heavy atom. The van der Waals surface area contributed by atoms with Gasteiger partial charge in [-0.3, -0.25) is 9.10 Å². The van der Waals surface area contributed by atoms with Gasteiger partial charge in [0.2, 0.25) is 5.91 Å². The van der Waals surface area contributed by atoms with E-state index in [2.05, 4.69) is 5.32 Å². The molecule has 0 fully saturated rings. The zero-order chi connectivity index (χ0) is 20.4. The first-order valence-electron chi connectivity index (χ1n) is 9.52. The van der Waals surface area contributed by atoms with Crippen LogP contribution >= 0.6 is 0 Å². The van der Waals surface area contributed by atoms with Gasteiger partial charge in [0.1, 0.15) is 5.82 Å². The summed E-state index contributed by atoms with van der Waals surface area (Å²) in [5.74, 6) is -0.410. The molecule has 0 radical (unpaired) electrons. The van der Waals surface area contributed by atoms with Gasteiger partial charge in [0.25, 0.3) is 10.0 Å². The Morgan fingerprint density at radius 1 is 1.00 bits per heavy atom. The molecule has 7 heteroatoms. The van der Waals surface area contributed by atoms with Crippen molar-refractivity contribution in [3.8, 4) is 0 Å². The quantitative estimate of drug-likeness (QED) is 0.645. The predicted octanol–water partition coefficient (Wildman–Crippen LogP) is 3.63. The van der Waals surface area contributed by atoms with Gasteiger partial charge < -0.3 is 5.32 Å². The summed E-state index contributed by atoms with van der Waals surface area (Å²) >= 11 is 0. The summed E-state index contributed by atoms with van der Waals surface area (Å²) in [5, 5.41) is 4.47. The smallest absolute Gasteiger partial charge is 0.265 e. The van der Waals surface area contributed by atoms with Crippen LogP contribution in [0.3, 0.4) is 0 Å². The van der Waals surface area contributed by atoms with Crippen LogP contribution in [0.15, 0.2) is 65.6 Å². The molecule has 0 saturated carbocycles. The molecule has 1 N–H and O–H groups in total. The van der Waals surface area contributed by atoms with Crippen molar-refractivity contribution in [2.45, 2.75) is 24.2 Å². The fourth-order valence-electron chi connectivity index (χ4n) is 3.67. The summed E-state index contributed by atoms with van der Waals surface area (Å²) in [6.07, 6.45) is 1.28. The minimum atomic E-state index is -3.58. The van der Waals surface area contributed by atoms with E-state index in [1.165, 1.54) is 16.4 Å². The normalized spacial score (nSPS) is 14.3. The maximum Gasteiger partial charge on any atom is 0.265 e. The Balaban J connectivity index is 1.32. The lowest BCUT2D eigenvalue weighted by atomic mass is 10.1. The zero-order valence-corrected chi connectivity index (χ0v) is 16.6. The SMILES string of the molecule is O=C(CCCN1c2cccc3cccc(c23)S1(=O)=O)NCCc1ccc(F)cc1. The van der Waals surface area contributed by atoms with E-state index in [0.717, 1.165) is 16.3 Å². The minimum Gasteiger partial charge on any atom is -0.356 e. The van der Waals surface area contributed by atoms with Crippen LogP contribution in [0.5, 0.6) is 0 Å². The Bertz CT molecular complexity index is 1160. The lowest BCUT2D eigenvalue weighted by Gasteiger charge is -2.18. The number of benzene rings is 3. The molecule has 3 aromatic rings. The van der Waals surface area contributed by atoms with Crippen LogP contribution in [-0.2, 0) is 21.2 Å². The molecule has 0 aliphatic carbocycles. The summed E-state index contributed by atoms with van der Waals surface area (Å²) in [6, 6.07) is 17.0. The standard InChI is InChI=1S/C22H21FN2O3S/c23-18-11-9-16(10-12-18)13-14-24-21(26)8-3-15-25-19-6-1-4-17-5-2-7-20(22(17)19)29(25,27)28/h1-2,4-7,9-12H,3,8,13-15H2,(H,24,26). The van der Waals surface area contributed by atoms with Gasteiger partial charge in [-0.1, -0.05) is 36.4 Å². The second-order valence-corrected chi connectivity index (χ2v) is 8.87. The number of nitrogens with one attached hydrogen (secondary N) is 1. The predicted molar refractivity (Wildman–Crippen MR) is 111 cm³/mol. The molecular formula is C22H21FN2O3S. The number of rotatable bonds is 7. The molecule has 1 aliphatic rings. The first kappa shape index (κ1) is 19.4. The molecular weight excluding hydrogens is 391 g/mol. The first-order chi connectivity index (χ1) is 14.0. The van der Waals surface area contributed by atoms with Crippen LogP contribution in [-0.4, -0.2) is 27.4 Å². The van der Waals surface area contributed by atoms with Gasteiger partial charge in [-0.25, -0.2) is 12.8 Å². The van der Waals surface area contributed by atoms with Crippen LogP contribution < -0.4 is 9.62 Å². The second kappa shape index (κ2) is 7.83. The average Bonchev–Trinajstić information content (AvgIpc) is 2.93. The van der Waals surface area contributed by atoms with Crippen LogP contribution in [0, 0.1) is 5.82 Å². The highest BCUT2D eigenvalue weighted by Gasteiger charge is 2.34. The molecule has 0 spiro atoms. The number of halogens is 1. The van der Waals surface area contributed by atoms with E-state index in [1.807, 2.05) is 18.2 Å². The van der Waals surface area contributed by atoms with E-state index < -0.39 is 10.0 Å². The summed E-state index contributed by atoms with van der Waals surface area (Å²) in [4.78, 5) is 12.4. The van der Waals surface area contributed by atoms with Crippen LogP contribution in [0.1, 0.15) is 18.4 Å². The summed E-state index contributed by atoms with van der Waals surface area (Å²) in [6.45, 7) is 0.707. The number of hydrogen-bond acceptors (Lipinski definition) is 3. The number of amides is 1. The molecule has 4 rings (SSSR count). The minimum absolute atomic E-state index is 0.126. The molecule has 1 heterocycles. The fraction of sp³-hybridized carbons (Fsp3) is 0.227.